The molecule has 1 aromatic carbocycles. The molecule has 0 aliphatic carbocycles. The van der Waals surface area contributed by atoms with E-state index in [1.165, 1.54) is 6.07 Å². The van der Waals surface area contributed by atoms with Crippen molar-refractivity contribution in [1.82, 2.24) is 14.8 Å². The van der Waals surface area contributed by atoms with E-state index in [4.69, 9.17) is 0 Å². The molecule has 0 radical (unpaired) electrons. The number of fused-ring (bicyclic) bond motifs is 1. The molecule has 3 rings (SSSR count). The van der Waals surface area contributed by atoms with Gasteiger partial charge in [0, 0.05) is 12.0 Å². The molecule has 0 saturated heterocycles. The van der Waals surface area contributed by atoms with Gasteiger partial charge in [-0.1, -0.05) is 18.6 Å². The summed E-state index contributed by atoms with van der Waals surface area (Å²) in [6.45, 7) is 3.24. The number of aromatic nitrogens is 3. The molecule has 0 saturated carbocycles. The van der Waals surface area contributed by atoms with Gasteiger partial charge in [-0.2, -0.15) is 0 Å². The van der Waals surface area contributed by atoms with Gasteiger partial charge in [-0.3, -0.25) is 0 Å². The Balaban J connectivity index is 2.18. The standard InChI is InChI=1S/C16H19F2N3O/c1-16(2,22)15-20-19-13-9-4-3-8-12(21(13)15)10-6-5-7-11(17)14(10)18/h5-7,12,22H,3-4,8-9H2,1-2H3. The second-order valence-electron chi connectivity index (χ2n) is 6.27. The summed E-state index contributed by atoms with van der Waals surface area (Å²) >= 11 is 0. The van der Waals surface area contributed by atoms with E-state index in [0.29, 0.717) is 18.1 Å². The minimum atomic E-state index is -1.20. The number of nitrogens with zero attached hydrogens (tertiary/aromatic N) is 3. The van der Waals surface area contributed by atoms with E-state index >= 15 is 0 Å². The van der Waals surface area contributed by atoms with Crippen LogP contribution in [-0.2, 0) is 12.0 Å². The summed E-state index contributed by atoms with van der Waals surface area (Å²) in [5.74, 6) is -0.599. The van der Waals surface area contributed by atoms with Gasteiger partial charge in [-0.25, -0.2) is 8.78 Å². The van der Waals surface area contributed by atoms with Gasteiger partial charge in [-0.05, 0) is 32.8 Å². The van der Waals surface area contributed by atoms with Gasteiger partial charge in [0.25, 0.3) is 0 Å². The first-order valence-electron chi connectivity index (χ1n) is 7.50. The number of benzene rings is 1. The molecule has 1 aliphatic rings. The van der Waals surface area contributed by atoms with E-state index in [2.05, 4.69) is 10.2 Å². The highest BCUT2D eigenvalue weighted by Gasteiger charge is 2.32. The van der Waals surface area contributed by atoms with Crippen LogP contribution in [0.1, 0.15) is 56.4 Å². The van der Waals surface area contributed by atoms with E-state index in [1.807, 2.05) is 0 Å². The molecule has 22 heavy (non-hydrogen) atoms. The number of halogens is 2. The van der Waals surface area contributed by atoms with E-state index < -0.39 is 23.3 Å². The van der Waals surface area contributed by atoms with Crippen molar-refractivity contribution >= 4 is 0 Å². The Labute approximate surface area is 127 Å². The summed E-state index contributed by atoms with van der Waals surface area (Å²) in [4.78, 5) is 0. The third-order valence-electron chi connectivity index (χ3n) is 4.09. The van der Waals surface area contributed by atoms with Crippen molar-refractivity contribution in [3.05, 3.63) is 47.0 Å². The summed E-state index contributed by atoms with van der Waals surface area (Å²) in [7, 11) is 0. The fraction of sp³-hybridized carbons (Fsp3) is 0.500. The summed E-state index contributed by atoms with van der Waals surface area (Å²) in [6, 6.07) is 3.81. The Bertz CT molecular complexity index is 691. The van der Waals surface area contributed by atoms with Crippen molar-refractivity contribution in [1.29, 1.82) is 0 Å². The Kier molecular flexibility index (Phi) is 3.72. The van der Waals surface area contributed by atoms with Gasteiger partial charge >= 0.3 is 0 Å². The lowest BCUT2D eigenvalue weighted by Gasteiger charge is -2.25. The minimum absolute atomic E-state index is 0.286. The second kappa shape index (κ2) is 5.43. The van der Waals surface area contributed by atoms with Crippen molar-refractivity contribution in [2.45, 2.75) is 51.2 Å². The van der Waals surface area contributed by atoms with Crippen LogP contribution in [0.5, 0.6) is 0 Å². The van der Waals surface area contributed by atoms with Crippen molar-refractivity contribution in [3.63, 3.8) is 0 Å². The topological polar surface area (TPSA) is 50.9 Å². The molecule has 2 aromatic rings. The lowest BCUT2D eigenvalue weighted by atomic mass is 9.99. The Morgan fingerprint density at radius 2 is 2.00 bits per heavy atom. The molecule has 1 aliphatic heterocycles. The van der Waals surface area contributed by atoms with Crippen LogP contribution in [0.2, 0.25) is 0 Å². The fourth-order valence-corrected chi connectivity index (χ4v) is 3.06. The molecule has 118 valence electrons. The molecular formula is C16H19F2N3O. The zero-order valence-corrected chi connectivity index (χ0v) is 12.7. The minimum Gasteiger partial charge on any atom is -0.382 e. The highest BCUT2D eigenvalue weighted by Crippen LogP contribution is 2.34. The Morgan fingerprint density at radius 3 is 2.73 bits per heavy atom. The normalized spacial score (nSPS) is 18.9. The highest BCUT2D eigenvalue weighted by atomic mass is 19.2. The van der Waals surface area contributed by atoms with Crippen LogP contribution in [0.25, 0.3) is 0 Å². The van der Waals surface area contributed by atoms with Gasteiger partial charge in [0.2, 0.25) is 0 Å². The summed E-state index contributed by atoms with van der Waals surface area (Å²) in [5.41, 5.74) is -0.911. The summed E-state index contributed by atoms with van der Waals surface area (Å²) in [6.07, 6.45) is 3.18. The number of aliphatic hydroxyl groups is 1. The summed E-state index contributed by atoms with van der Waals surface area (Å²) in [5, 5.41) is 18.6. The lowest BCUT2D eigenvalue weighted by molar-refractivity contribution is 0.0629. The van der Waals surface area contributed by atoms with E-state index in [1.54, 1.807) is 24.5 Å². The van der Waals surface area contributed by atoms with Gasteiger partial charge < -0.3 is 9.67 Å². The zero-order valence-electron chi connectivity index (χ0n) is 12.7. The molecule has 1 aromatic heterocycles. The lowest BCUT2D eigenvalue weighted by Crippen LogP contribution is -2.26. The van der Waals surface area contributed by atoms with E-state index in [9.17, 15) is 13.9 Å². The number of aryl methyl sites for hydroxylation is 1. The first-order chi connectivity index (χ1) is 10.4. The maximum Gasteiger partial charge on any atom is 0.165 e. The smallest absolute Gasteiger partial charge is 0.165 e. The van der Waals surface area contributed by atoms with Crippen LogP contribution in [0.15, 0.2) is 18.2 Å². The highest BCUT2D eigenvalue weighted by molar-refractivity contribution is 5.25. The summed E-state index contributed by atoms with van der Waals surface area (Å²) < 4.78 is 29.6. The Hall–Kier alpha value is -1.82. The van der Waals surface area contributed by atoms with Gasteiger partial charge in [0.05, 0.1) is 6.04 Å². The molecule has 1 N–H and O–H groups in total. The van der Waals surface area contributed by atoms with Crippen molar-refractivity contribution in [2.24, 2.45) is 0 Å². The maximum atomic E-state index is 14.3. The van der Waals surface area contributed by atoms with Crippen LogP contribution in [0.4, 0.5) is 8.78 Å². The van der Waals surface area contributed by atoms with Crippen molar-refractivity contribution < 1.29 is 13.9 Å². The predicted molar refractivity (Wildman–Crippen MR) is 77.3 cm³/mol. The first kappa shape index (κ1) is 15.1. The molecule has 6 heteroatoms. The average Bonchev–Trinajstić information content (AvgIpc) is 2.77. The number of hydrogen-bond donors (Lipinski definition) is 1. The maximum absolute atomic E-state index is 14.3. The van der Waals surface area contributed by atoms with Crippen LogP contribution in [0, 0.1) is 11.6 Å². The predicted octanol–water partition coefficient (Wildman–Crippen LogP) is 3.10. The molecule has 0 bridgehead atoms. The van der Waals surface area contributed by atoms with Gasteiger partial charge in [0.1, 0.15) is 11.4 Å². The van der Waals surface area contributed by atoms with Crippen molar-refractivity contribution in [2.75, 3.05) is 0 Å². The van der Waals surface area contributed by atoms with Crippen LogP contribution in [0.3, 0.4) is 0 Å². The van der Waals surface area contributed by atoms with Gasteiger partial charge in [0.15, 0.2) is 17.5 Å². The SMILES string of the molecule is CC(C)(O)c1nnc2n1C(c1cccc(F)c1F)CCCC2. The molecule has 0 amide bonds. The fourth-order valence-electron chi connectivity index (χ4n) is 3.06. The van der Waals surface area contributed by atoms with Crippen LogP contribution in [-0.4, -0.2) is 19.9 Å². The number of hydrogen-bond acceptors (Lipinski definition) is 3. The molecule has 0 spiro atoms. The first-order valence-corrected chi connectivity index (χ1v) is 7.50. The Morgan fingerprint density at radius 1 is 1.23 bits per heavy atom. The molecule has 0 fully saturated rings. The quantitative estimate of drug-likeness (QED) is 0.927. The largest absolute Gasteiger partial charge is 0.382 e. The zero-order chi connectivity index (χ0) is 15.9. The third-order valence-corrected chi connectivity index (χ3v) is 4.09. The molecular weight excluding hydrogens is 288 g/mol. The molecule has 2 heterocycles. The number of rotatable bonds is 2. The average molecular weight is 307 g/mol. The molecule has 1 atom stereocenters. The van der Waals surface area contributed by atoms with Crippen LogP contribution < -0.4 is 0 Å². The monoisotopic (exact) mass is 307 g/mol. The van der Waals surface area contributed by atoms with Gasteiger partial charge in [-0.15, -0.1) is 10.2 Å². The van der Waals surface area contributed by atoms with Crippen molar-refractivity contribution in [3.8, 4) is 0 Å². The third kappa shape index (κ3) is 2.52. The molecule has 1 unspecified atom stereocenters. The second-order valence-corrected chi connectivity index (χ2v) is 6.27. The van der Waals surface area contributed by atoms with Crippen LogP contribution >= 0.6 is 0 Å². The molecule has 4 nitrogen and oxygen atoms in total. The van der Waals surface area contributed by atoms with E-state index in [-0.39, 0.29) is 5.56 Å². The van der Waals surface area contributed by atoms with E-state index in [0.717, 1.165) is 25.3 Å².